The van der Waals surface area contributed by atoms with E-state index < -0.39 is 0 Å². The molecule has 2 N–H and O–H groups in total. The minimum atomic E-state index is -0.365. The molecule has 33 heavy (non-hydrogen) atoms. The number of carbonyl (C=O) groups is 2. The lowest BCUT2D eigenvalue weighted by Gasteiger charge is -2.43. The first-order chi connectivity index (χ1) is 15.9. The molecule has 0 aliphatic carbocycles. The third-order valence-corrected chi connectivity index (χ3v) is 7.88. The second kappa shape index (κ2) is 9.06. The van der Waals surface area contributed by atoms with Gasteiger partial charge in [-0.05, 0) is 45.1 Å². The molecular formula is C25H36N6O2. The van der Waals surface area contributed by atoms with Crippen molar-refractivity contribution in [2.75, 3.05) is 37.6 Å². The second-order valence-electron chi connectivity index (χ2n) is 10.2. The fraction of sp³-hybridized carbons (Fsp3) is 0.640. The first-order valence-electron chi connectivity index (χ1n) is 12.4. The molecule has 8 heteroatoms. The Balaban J connectivity index is 1.32. The molecule has 3 aliphatic heterocycles. The SMILES string of the molecule is C[C@@H]1CNC[C@H](C)N1CC1CCN(c2cccc3c(C4CCC(=O)NC4=O)nn(C)c23)CC1. The number of fused-ring (bicyclic) bond motifs is 1. The van der Waals surface area contributed by atoms with Crippen LogP contribution in [0, 0.1) is 5.92 Å². The minimum absolute atomic E-state index is 0.190. The smallest absolute Gasteiger partial charge is 0.235 e. The van der Waals surface area contributed by atoms with Gasteiger partial charge in [-0.15, -0.1) is 0 Å². The summed E-state index contributed by atoms with van der Waals surface area (Å²) in [6, 6.07) is 7.51. The number of amides is 2. The molecule has 0 bridgehead atoms. The molecule has 0 radical (unpaired) electrons. The Labute approximate surface area is 195 Å². The molecule has 0 saturated carbocycles. The van der Waals surface area contributed by atoms with Crippen molar-refractivity contribution in [2.45, 2.75) is 57.5 Å². The van der Waals surface area contributed by atoms with E-state index in [2.05, 4.69) is 52.5 Å². The van der Waals surface area contributed by atoms with Gasteiger partial charge in [-0.25, -0.2) is 0 Å². The van der Waals surface area contributed by atoms with E-state index in [0.717, 1.165) is 48.7 Å². The summed E-state index contributed by atoms with van der Waals surface area (Å²) in [7, 11) is 1.96. The van der Waals surface area contributed by atoms with E-state index in [4.69, 9.17) is 5.10 Å². The number of piperidine rings is 2. The Morgan fingerprint density at radius 2 is 1.79 bits per heavy atom. The molecule has 0 spiro atoms. The van der Waals surface area contributed by atoms with E-state index in [0.29, 0.717) is 24.9 Å². The number of para-hydroxylation sites is 1. The number of rotatable bonds is 4. The maximum Gasteiger partial charge on any atom is 0.235 e. The number of nitrogens with zero attached hydrogens (tertiary/aromatic N) is 4. The van der Waals surface area contributed by atoms with Crippen molar-refractivity contribution in [3.05, 3.63) is 23.9 Å². The Morgan fingerprint density at radius 3 is 2.48 bits per heavy atom. The standard InChI is InChI=1S/C25H36N6O2/c1-16-13-26-14-17(2)31(16)15-18-9-11-30(12-10-18)21-6-4-5-19-23(28-29(3)24(19)21)20-7-8-22(32)27-25(20)33/h4-6,16-18,20,26H,7-15H2,1-3H3,(H,27,32,33)/t16-,17+,20?. The van der Waals surface area contributed by atoms with Crippen molar-refractivity contribution in [1.82, 2.24) is 25.3 Å². The Hall–Kier alpha value is -2.45. The molecular weight excluding hydrogens is 416 g/mol. The summed E-state index contributed by atoms with van der Waals surface area (Å²) in [5, 5.41) is 11.8. The number of benzene rings is 1. The van der Waals surface area contributed by atoms with Crippen molar-refractivity contribution >= 4 is 28.4 Å². The summed E-state index contributed by atoms with van der Waals surface area (Å²) < 4.78 is 1.92. The van der Waals surface area contributed by atoms with Crippen LogP contribution in [0.25, 0.3) is 10.9 Å². The van der Waals surface area contributed by atoms with Crippen molar-refractivity contribution < 1.29 is 9.59 Å². The molecule has 8 nitrogen and oxygen atoms in total. The molecule has 2 aromatic rings. The van der Waals surface area contributed by atoms with Crippen LogP contribution < -0.4 is 15.5 Å². The lowest BCUT2D eigenvalue weighted by Crippen LogP contribution is -2.56. The highest BCUT2D eigenvalue weighted by Crippen LogP contribution is 2.36. The summed E-state index contributed by atoms with van der Waals surface area (Å²) in [6.45, 7) is 10.1. The highest BCUT2D eigenvalue weighted by Gasteiger charge is 2.33. The van der Waals surface area contributed by atoms with Crippen LogP contribution in [0.15, 0.2) is 18.2 Å². The summed E-state index contributed by atoms with van der Waals surface area (Å²) in [4.78, 5) is 29.3. The van der Waals surface area contributed by atoms with Gasteiger partial charge in [-0.3, -0.25) is 24.5 Å². The fourth-order valence-electron chi connectivity index (χ4n) is 6.00. The Bertz CT molecular complexity index is 1030. The molecule has 3 atom stereocenters. The topological polar surface area (TPSA) is 82.5 Å². The molecule has 1 aromatic heterocycles. The average Bonchev–Trinajstić information content (AvgIpc) is 3.13. The maximum atomic E-state index is 12.5. The van der Waals surface area contributed by atoms with Gasteiger partial charge in [0, 0.05) is 63.7 Å². The monoisotopic (exact) mass is 452 g/mol. The Kier molecular flexibility index (Phi) is 6.14. The third-order valence-electron chi connectivity index (χ3n) is 7.88. The van der Waals surface area contributed by atoms with E-state index in [1.807, 2.05) is 11.7 Å². The zero-order valence-corrected chi connectivity index (χ0v) is 20.0. The third kappa shape index (κ3) is 4.26. The highest BCUT2D eigenvalue weighted by molar-refractivity contribution is 6.03. The molecule has 1 aromatic carbocycles. The van der Waals surface area contributed by atoms with Crippen LogP contribution in [0.4, 0.5) is 5.69 Å². The summed E-state index contributed by atoms with van der Waals surface area (Å²) >= 11 is 0. The van der Waals surface area contributed by atoms with E-state index in [9.17, 15) is 9.59 Å². The van der Waals surface area contributed by atoms with E-state index >= 15 is 0 Å². The van der Waals surface area contributed by atoms with Crippen molar-refractivity contribution in [3.63, 3.8) is 0 Å². The number of imide groups is 1. The van der Waals surface area contributed by atoms with Gasteiger partial charge in [0.1, 0.15) is 0 Å². The number of piperazine rings is 1. The zero-order chi connectivity index (χ0) is 23.1. The highest BCUT2D eigenvalue weighted by atomic mass is 16.2. The lowest BCUT2D eigenvalue weighted by molar-refractivity contribution is -0.134. The van der Waals surface area contributed by atoms with Gasteiger partial charge < -0.3 is 10.2 Å². The molecule has 3 aliphatic rings. The first-order valence-corrected chi connectivity index (χ1v) is 12.4. The predicted molar refractivity (Wildman–Crippen MR) is 129 cm³/mol. The van der Waals surface area contributed by atoms with Gasteiger partial charge in [0.05, 0.1) is 22.8 Å². The summed E-state index contributed by atoms with van der Waals surface area (Å²) in [6.07, 6.45) is 3.27. The summed E-state index contributed by atoms with van der Waals surface area (Å²) in [5.41, 5.74) is 3.07. The van der Waals surface area contributed by atoms with Crippen LogP contribution in [0.1, 0.15) is 51.1 Å². The number of aryl methyl sites for hydroxylation is 1. The molecule has 4 heterocycles. The zero-order valence-electron chi connectivity index (χ0n) is 20.0. The number of nitrogens with one attached hydrogen (secondary N) is 2. The van der Waals surface area contributed by atoms with Crippen LogP contribution in [0.3, 0.4) is 0 Å². The minimum Gasteiger partial charge on any atom is -0.370 e. The van der Waals surface area contributed by atoms with E-state index in [1.54, 1.807) is 0 Å². The first kappa shape index (κ1) is 22.3. The second-order valence-corrected chi connectivity index (χ2v) is 10.2. The van der Waals surface area contributed by atoms with E-state index in [-0.39, 0.29) is 17.7 Å². The number of aromatic nitrogens is 2. The van der Waals surface area contributed by atoms with Gasteiger partial charge >= 0.3 is 0 Å². The Morgan fingerprint density at radius 1 is 1.06 bits per heavy atom. The lowest BCUT2D eigenvalue weighted by atomic mass is 9.92. The van der Waals surface area contributed by atoms with Gasteiger partial charge in [-0.1, -0.05) is 12.1 Å². The van der Waals surface area contributed by atoms with Crippen molar-refractivity contribution in [3.8, 4) is 0 Å². The van der Waals surface area contributed by atoms with Crippen LogP contribution in [-0.4, -0.2) is 71.3 Å². The van der Waals surface area contributed by atoms with Gasteiger partial charge in [-0.2, -0.15) is 5.10 Å². The van der Waals surface area contributed by atoms with Gasteiger partial charge in [0.2, 0.25) is 11.8 Å². The largest absolute Gasteiger partial charge is 0.370 e. The van der Waals surface area contributed by atoms with Crippen LogP contribution in [0.2, 0.25) is 0 Å². The molecule has 2 amide bonds. The van der Waals surface area contributed by atoms with Gasteiger partial charge in [0.25, 0.3) is 0 Å². The molecule has 3 fully saturated rings. The summed E-state index contributed by atoms with van der Waals surface area (Å²) in [5.74, 6) is -0.0529. The molecule has 1 unspecified atom stereocenters. The number of hydrogen-bond acceptors (Lipinski definition) is 6. The number of hydrogen-bond donors (Lipinski definition) is 2. The molecule has 3 saturated heterocycles. The van der Waals surface area contributed by atoms with E-state index in [1.165, 1.54) is 25.1 Å². The average molecular weight is 453 g/mol. The molecule has 178 valence electrons. The van der Waals surface area contributed by atoms with Crippen LogP contribution >= 0.6 is 0 Å². The van der Waals surface area contributed by atoms with Crippen LogP contribution in [-0.2, 0) is 16.6 Å². The number of anilines is 1. The van der Waals surface area contributed by atoms with Crippen molar-refractivity contribution in [1.29, 1.82) is 0 Å². The maximum absolute atomic E-state index is 12.5. The quantitative estimate of drug-likeness (QED) is 0.691. The normalized spacial score (nSPS) is 27.8. The van der Waals surface area contributed by atoms with Crippen molar-refractivity contribution in [2.24, 2.45) is 13.0 Å². The van der Waals surface area contributed by atoms with Gasteiger partial charge in [0.15, 0.2) is 0 Å². The predicted octanol–water partition coefficient (Wildman–Crippen LogP) is 1.99. The molecule has 5 rings (SSSR count). The van der Waals surface area contributed by atoms with Crippen LogP contribution in [0.5, 0.6) is 0 Å². The fourth-order valence-corrected chi connectivity index (χ4v) is 6.00. The number of carbonyl (C=O) groups excluding carboxylic acids is 2.